The molecule has 2 aromatic heterocycles. The van der Waals surface area contributed by atoms with Crippen LogP contribution in [0, 0.1) is 5.82 Å². The third-order valence-electron chi connectivity index (χ3n) is 4.56. The number of carbonyl (C=O) groups excluding carboxylic acids is 1. The summed E-state index contributed by atoms with van der Waals surface area (Å²) in [6.45, 7) is 4.15. The SMILES string of the molecule is CC(C)N(C)c1nc2ccc(NC(=O)c3nc(-c4ccc(F)cc4)no3)cc2[nH]1. The summed E-state index contributed by atoms with van der Waals surface area (Å²) in [6.07, 6.45) is 0. The molecule has 0 spiro atoms. The van der Waals surface area contributed by atoms with Crippen LogP contribution in [0.4, 0.5) is 16.0 Å². The first-order valence-corrected chi connectivity index (χ1v) is 9.04. The van der Waals surface area contributed by atoms with E-state index in [0.29, 0.717) is 17.3 Å². The topological polar surface area (TPSA) is 99.9 Å². The Morgan fingerprint density at radius 1 is 1.17 bits per heavy atom. The normalized spacial score (nSPS) is 11.2. The fourth-order valence-corrected chi connectivity index (χ4v) is 2.70. The highest BCUT2D eigenvalue weighted by atomic mass is 19.1. The third kappa shape index (κ3) is 3.79. The molecule has 4 rings (SSSR count). The van der Waals surface area contributed by atoms with Crippen molar-refractivity contribution in [1.29, 1.82) is 0 Å². The van der Waals surface area contributed by atoms with Gasteiger partial charge in [0.05, 0.1) is 11.0 Å². The second kappa shape index (κ2) is 7.34. The lowest BCUT2D eigenvalue weighted by atomic mass is 10.2. The van der Waals surface area contributed by atoms with Gasteiger partial charge in [0.1, 0.15) is 5.82 Å². The fraction of sp³-hybridized carbons (Fsp3) is 0.200. The summed E-state index contributed by atoms with van der Waals surface area (Å²) in [5.41, 5.74) is 2.70. The number of amides is 1. The second-order valence-electron chi connectivity index (χ2n) is 6.88. The number of halogens is 1. The molecule has 0 fully saturated rings. The summed E-state index contributed by atoms with van der Waals surface area (Å²) < 4.78 is 18.1. The molecule has 0 atom stereocenters. The van der Waals surface area contributed by atoms with Crippen LogP contribution in [-0.2, 0) is 0 Å². The van der Waals surface area contributed by atoms with E-state index in [0.717, 1.165) is 17.0 Å². The average Bonchev–Trinajstić information content (AvgIpc) is 3.35. The molecule has 148 valence electrons. The zero-order valence-electron chi connectivity index (χ0n) is 16.1. The molecule has 0 bridgehead atoms. The Morgan fingerprint density at radius 2 is 1.93 bits per heavy atom. The molecule has 0 saturated heterocycles. The van der Waals surface area contributed by atoms with Crippen molar-refractivity contribution < 1.29 is 13.7 Å². The van der Waals surface area contributed by atoms with E-state index in [-0.39, 0.29) is 17.5 Å². The van der Waals surface area contributed by atoms with Crippen molar-refractivity contribution in [2.75, 3.05) is 17.3 Å². The smallest absolute Gasteiger partial charge is 0.316 e. The first-order valence-electron chi connectivity index (χ1n) is 9.04. The van der Waals surface area contributed by atoms with Crippen LogP contribution < -0.4 is 10.2 Å². The summed E-state index contributed by atoms with van der Waals surface area (Å²) in [7, 11) is 1.96. The predicted octanol–water partition coefficient (Wildman–Crippen LogP) is 3.85. The van der Waals surface area contributed by atoms with E-state index in [4.69, 9.17) is 4.52 Å². The van der Waals surface area contributed by atoms with Crippen LogP contribution in [0.1, 0.15) is 24.5 Å². The Labute approximate surface area is 165 Å². The van der Waals surface area contributed by atoms with E-state index in [1.54, 1.807) is 12.1 Å². The van der Waals surface area contributed by atoms with Gasteiger partial charge in [-0.3, -0.25) is 4.79 Å². The molecule has 2 N–H and O–H groups in total. The molecule has 2 aromatic carbocycles. The molecule has 8 nitrogen and oxygen atoms in total. The van der Waals surface area contributed by atoms with Crippen molar-refractivity contribution in [2.24, 2.45) is 0 Å². The molecule has 29 heavy (non-hydrogen) atoms. The second-order valence-corrected chi connectivity index (χ2v) is 6.88. The molecule has 0 aliphatic heterocycles. The van der Waals surface area contributed by atoms with Gasteiger partial charge in [-0.2, -0.15) is 4.98 Å². The van der Waals surface area contributed by atoms with Crippen LogP contribution in [0.3, 0.4) is 0 Å². The highest BCUT2D eigenvalue weighted by Crippen LogP contribution is 2.22. The molecule has 0 saturated carbocycles. The molecule has 0 aliphatic rings. The van der Waals surface area contributed by atoms with Crippen molar-refractivity contribution in [2.45, 2.75) is 19.9 Å². The lowest BCUT2D eigenvalue weighted by Gasteiger charge is -2.19. The van der Waals surface area contributed by atoms with Crippen LogP contribution in [0.5, 0.6) is 0 Å². The number of fused-ring (bicyclic) bond motifs is 1. The maximum Gasteiger partial charge on any atom is 0.316 e. The van der Waals surface area contributed by atoms with Crippen molar-refractivity contribution in [3.8, 4) is 11.4 Å². The average molecular weight is 394 g/mol. The minimum Gasteiger partial charge on any atom is -0.343 e. The molecule has 4 aromatic rings. The van der Waals surface area contributed by atoms with Gasteiger partial charge in [0, 0.05) is 24.3 Å². The highest BCUT2D eigenvalue weighted by Gasteiger charge is 2.17. The summed E-state index contributed by atoms with van der Waals surface area (Å²) in [6, 6.07) is 11.2. The van der Waals surface area contributed by atoms with Gasteiger partial charge in [0.25, 0.3) is 0 Å². The predicted molar refractivity (Wildman–Crippen MR) is 107 cm³/mol. The maximum atomic E-state index is 13.0. The molecular formula is C20H19FN6O2. The van der Waals surface area contributed by atoms with Crippen LogP contribution in [0.2, 0.25) is 0 Å². The molecule has 0 radical (unpaired) electrons. The van der Waals surface area contributed by atoms with Gasteiger partial charge in [-0.05, 0) is 56.3 Å². The van der Waals surface area contributed by atoms with Gasteiger partial charge in [-0.25, -0.2) is 9.37 Å². The van der Waals surface area contributed by atoms with Gasteiger partial charge in [-0.1, -0.05) is 5.16 Å². The molecule has 0 aliphatic carbocycles. The van der Waals surface area contributed by atoms with Gasteiger partial charge >= 0.3 is 11.8 Å². The Bertz CT molecular complexity index is 1170. The highest BCUT2D eigenvalue weighted by molar-refractivity contribution is 6.02. The maximum absolute atomic E-state index is 13.0. The number of hydrogen-bond donors (Lipinski definition) is 2. The van der Waals surface area contributed by atoms with Gasteiger partial charge in [-0.15, -0.1) is 0 Å². The first kappa shape index (κ1) is 18.6. The van der Waals surface area contributed by atoms with Gasteiger partial charge in [0.15, 0.2) is 0 Å². The van der Waals surface area contributed by atoms with Crippen LogP contribution in [-0.4, -0.2) is 39.1 Å². The number of hydrogen-bond acceptors (Lipinski definition) is 6. The minimum atomic E-state index is -0.538. The molecule has 2 heterocycles. The third-order valence-corrected chi connectivity index (χ3v) is 4.56. The van der Waals surface area contributed by atoms with E-state index < -0.39 is 5.91 Å². The van der Waals surface area contributed by atoms with Crippen molar-refractivity contribution in [3.63, 3.8) is 0 Å². The number of nitrogens with zero attached hydrogens (tertiary/aromatic N) is 4. The minimum absolute atomic E-state index is 0.186. The summed E-state index contributed by atoms with van der Waals surface area (Å²) >= 11 is 0. The number of H-pyrrole nitrogens is 1. The van der Waals surface area contributed by atoms with Crippen LogP contribution in [0.15, 0.2) is 47.0 Å². The number of rotatable bonds is 5. The Morgan fingerprint density at radius 3 is 2.66 bits per heavy atom. The Balaban J connectivity index is 1.52. The number of aromatic nitrogens is 4. The first-order chi connectivity index (χ1) is 13.9. The number of carbonyl (C=O) groups is 1. The Kier molecular flexibility index (Phi) is 4.71. The zero-order valence-corrected chi connectivity index (χ0v) is 16.1. The summed E-state index contributed by atoms with van der Waals surface area (Å²) in [5, 5.41) is 6.51. The van der Waals surface area contributed by atoms with Crippen molar-refractivity contribution in [1.82, 2.24) is 20.1 Å². The van der Waals surface area contributed by atoms with Crippen LogP contribution in [0.25, 0.3) is 22.4 Å². The van der Waals surface area contributed by atoms with Gasteiger partial charge < -0.3 is 19.7 Å². The summed E-state index contributed by atoms with van der Waals surface area (Å²) in [5.74, 6) is -0.134. The van der Waals surface area contributed by atoms with E-state index in [1.165, 1.54) is 24.3 Å². The monoisotopic (exact) mass is 394 g/mol. The molecule has 0 unspecified atom stereocenters. The van der Waals surface area contributed by atoms with Crippen molar-refractivity contribution >= 4 is 28.6 Å². The van der Waals surface area contributed by atoms with Gasteiger partial charge in [0.2, 0.25) is 11.8 Å². The van der Waals surface area contributed by atoms with E-state index >= 15 is 0 Å². The number of benzene rings is 2. The number of nitrogens with one attached hydrogen (secondary N) is 2. The molecular weight excluding hydrogens is 375 g/mol. The number of imidazole rings is 1. The number of anilines is 2. The van der Waals surface area contributed by atoms with Crippen molar-refractivity contribution in [3.05, 3.63) is 54.2 Å². The van der Waals surface area contributed by atoms with Crippen LogP contribution >= 0.6 is 0 Å². The van der Waals surface area contributed by atoms with E-state index in [9.17, 15) is 9.18 Å². The molecule has 1 amide bonds. The quantitative estimate of drug-likeness (QED) is 0.533. The summed E-state index contributed by atoms with van der Waals surface area (Å²) in [4.78, 5) is 26.3. The lowest BCUT2D eigenvalue weighted by Crippen LogP contribution is -2.26. The Hall–Kier alpha value is -3.75. The largest absolute Gasteiger partial charge is 0.343 e. The van der Waals surface area contributed by atoms with E-state index in [2.05, 4.69) is 39.3 Å². The zero-order chi connectivity index (χ0) is 20.5. The fourth-order valence-electron chi connectivity index (χ4n) is 2.70. The standard InChI is InChI=1S/C20H19FN6O2/c1-11(2)27(3)20-23-15-9-8-14(10-16(15)24-20)22-18(28)19-25-17(26-29-19)12-4-6-13(21)7-5-12/h4-11H,1-3H3,(H,22,28)(H,23,24). The number of aromatic amines is 1. The lowest BCUT2D eigenvalue weighted by molar-refractivity contribution is 0.0981. The van der Waals surface area contributed by atoms with E-state index in [1.807, 2.05) is 18.0 Å². The molecule has 9 heteroatoms.